The number of rotatable bonds is 4. The fraction of sp³-hybridized carbons (Fsp3) is 0.200. The molecule has 0 heterocycles. The summed E-state index contributed by atoms with van der Waals surface area (Å²) >= 11 is 11.9. The largest absolute Gasteiger partial charge is 0.207 e. The molecule has 0 aliphatic heterocycles. The van der Waals surface area contributed by atoms with Gasteiger partial charge in [0.05, 0.1) is 0 Å². The Balaban J connectivity index is 2.29. The molecule has 0 saturated carbocycles. The summed E-state index contributed by atoms with van der Waals surface area (Å²) < 4.78 is 27.0. The lowest BCUT2D eigenvalue weighted by Crippen LogP contribution is -2.07. The van der Waals surface area contributed by atoms with E-state index >= 15 is 0 Å². The van der Waals surface area contributed by atoms with Crippen LogP contribution in [-0.4, -0.2) is 5.88 Å². The van der Waals surface area contributed by atoms with Crippen molar-refractivity contribution < 1.29 is 8.78 Å². The fourth-order valence-electron chi connectivity index (χ4n) is 2.00. The average Bonchev–Trinajstić information content (AvgIpc) is 2.38. The molecule has 2 aromatic rings. The van der Waals surface area contributed by atoms with Crippen molar-refractivity contribution in [2.24, 2.45) is 0 Å². The molecule has 0 fully saturated rings. The summed E-state index contributed by atoms with van der Waals surface area (Å²) in [5.74, 6) is -0.591. The lowest BCUT2D eigenvalue weighted by molar-refractivity contribution is 0.595. The van der Waals surface area contributed by atoms with Gasteiger partial charge in [0, 0.05) is 22.4 Å². The second-order valence-electron chi connectivity index (χ2n) is 4.31. The first-order chi connectivity index (χ1) is 9.11. The number of hydrogen-bond donors (Lipinski definition) is 0. The lowest BCUT2D eigenvalue weighted by Gasteiger charge is -2.16. The molecule has 0 aromatic heterocycles. The van der Waals surface area contributed by atoms with Crippen molar-refractivity contribution in [3.05, 3.63) is 70.2 Å². The van der Waals surface area contributed by atoms with E-state index in [1.165, 1.54) is 18.2 Å². The SMILES string of the molecule is Fc1cccc(C(CCl)Cc2c(F)cccc2Cl)c1. The van der Waals surface area contributed by atoms with Crippen molar-refractivity contribution in [2.45, 2.75) is 12.3 Å². The summed E-state index contributed by atoms with van der Waals surface area (Å²) in [7, 11) is 0. The van der Waals surface area contributed by atoms with E-state index in [0.29, 0.717) is 17.0 Å². The van der Waals surface area contributed by atoms with E-state index < -0.39 is 0 Å². The number of hydrogen-bond acceptors (Lipinski definition) is 0. The molecule has 0 saturated heterocycles. The van der Waals surface area contributed by atoms with E-state index in [1.54, 1.807) is 24.3 Å². The third-order valence-corrected chi connectivity index (χ3v) is 3.75. The maximum absolute atomic E-state index is 13.7. The van der Waals surface area contributed by atoms with Gasteiger partial charge in [0.1, 0.15) is 11.6 Å². The van der Waals surface area contributed by atoms with Gasteiger partial charge in [-0.05, 0) is 36.2 Å². The van der Waals surface area contributed by atoms with Gasteiger partial charge >= 0.3 is 0 Å². The summed E-state index contributed by atoms with van der Waals surface area (Å²) in [6, 6.07) is 10.7. The van der Waals surface area contributed by atoms with Crippen LogP contribution in [0.3, 0.4) is 0 Å². The molecule has 1 unspecified atom stereocenters. The highest BCUT2D eigenvalue weighted by Gasteiger charge is 2.16. The van der Waals surface area contributed by atoms with Crippen LogP contribution in [0.2, 0.25) is 5.02 Å². The van der Waals surface area contributed by atoms with Crippen molar-refractivity contribution >= 4 is 23.2 Å². The highest BCUT2D eigenvalue weighted by molar-refractivity contribution is 6.31. The van der Waals surface area contributed by atoms with E-state index in [1.807, 2.05) is 0 Å². The maximum atomic E-state index is 13.7. The smallest absolute Gasteiger partial charge is 0.127 e. The van der Waals surface area contributed by atoms with Crippen molar-refractivity contribution in [1.29, 1.82) is 0 Å². The van der Waals surface area contributed by atoms with Crippen LogP contribution in [0.25, 0.3) is 0 Å². The summed E-state index contributed by atoms with van der Waals surface area (Å²) in [5.41, 5.74) is 1.16. The van der Waals surface area contributed by atoms with Gasteiger partial charge < -0.3 is 0 Å². The molecule has 0 N–H and O–H groups in total. The molecule has 0 aliphatic carbocycles. The van der Waals surface area contributed by atoms with Gasteiger partial charge in [0.15, 0.2) is 0 Å². The second kappa shape index (κ2) is 6.36. The topological polar surface area (TPSA) is 0 Å². The third kappa shape index (κ3) is 3.46. The normalized spacial score (nSPS) is 12.4. The number of benzene rings is 2. The molecule has 0 spiro atoms. The first-order valence-electron chi connectivity index (χ1n) is 5.86. The highest BCUT2D eigenvalue weighted by Crippen LogP contribution is 2.28. The van der Waals surface area contributed by atoms with Gasteiger partial charge in [-0.1, -0.05) is 29.8 Å². The van der Waals surface area contributed by atoms with Crippen LogP contribution in [0.5, 0.6) is 0 Å². The van der Waals surface area contributed by atoms with E-state index in [0.717, 1.165) is 5.56 Å². The molecular formula is C15H12Cl2F2. The molecule has 0 bridgehead atoms. The van der Waals surface area contributed by atoms with Gasteiger partial charge in [-0.3, -0.25) is 0 Å². The van der Waals surface area contributed by atoms with Crippen LogP contribution in [-0.2, 0) is 6.42 Å². The van der Waals surface area contributed by atoms with Crippen LogP contribution in [0.1, 0.15) is 17.0 Å². The molecule has 0 radical (unpaired) electrons. The van der Waals surface area contributed by atoms with Crippen LogP contribution < -0.4 is 0 Å². The molecule has 100 valence electrons. The Morgan fingerprint density at radius 2 is 1.79 bits per heavy atom. The minimum absolute atomic E-state index is 0.174. The van der Waals surface area contributed by atoms with Crippen LogP contribution in [0.15, 0.2) is 42.5 Å². The van der Waals surface area contributed by atoms with Crippen LogP contribution >= 0.6 is 23.2 Å². The van der Waals surface area contributed by atoms with Crippen molar-refractivity contribution in [2.75, 3.05) is 5.88 Å². The van der Waals surface area contributed by atoms with E-state index in [4.69, 9.17) is 23.2 Å². The average molecular weight is 301 g/mol. The van der Waals surface area contributed by atoms with Gasteiger partial charge in [0.2, 0.25) is 0 Å². The predicted molar refractivity (Wildman–Crippen MR) is 75.0 cm³/mol. The Bertz CT molecular complexity index is 550. The third-order valence-electron chi connectivity index (χ3n) is 3.02. The standard InChI is InChI=1S/C15H12Cl2F2/c16-9-11(10-3-1-4-12(18)7-10)8-13-14(17)5-2-6-15(13)19/h1-7,11H,8-9H2. The van der Waals surface area contributed by atoms with E-state index in [2.05, 4.69) is 0 Å². The van der Waals surface area contributed by atoms with Crippen LogP contribution in [0, 0.1) is 11.6 Å². The Morgan fingerprint density at radius 1 is 1.05 bits per heavy atom. The van der Waals surface area contributed by atoms with Gasteiger partial charge in [-0.15, -0.1) is 11.6 Å². The summed E-state index contributed by atoms with van der Waals surface area (Å²) in [5, 5.41) is 0.367. The molecule has 2 rings (SSSR count). The Hall–Kier alpha value is -1.12. The maximum Gasteiger partial charge on any atom is 0.127 e. The van der Waals surface area contributed by atoms with Gasteiger partial charge in [0.25, 0.3) is 0 Å². The van der Waals surface area contributed by atoms with Gasteiger partial charge in [-0.25, -0.2) is 8.78 Å². The minimum atomic E-state index is -0.362. The summed E-state index contributed by atoms with van der Waals surface area (Å²) in [6.07, 6.45) is 0.346. The van der Waals surface area contributed by atoms with E-state index in [9.17, 15) is 8.78 Å². The first kappa shape index (κ1) is 14.3. The molecule has 4 heteroatoms. The zero-order valence-corrected chi connectivity index (χ0v) is 11.6. The molecule has 0 amide bonds. The molecule has 2 aromatic carbocycles. The van der Waals surface area contributed by atoms with E-state index in [-0.39, 0.29) is 23.4 Å². The highest BCUT2D eigenvalue weighted by atomic mass is 35.5. The summed E-state index contributed by atoms with van der Waals surface area (Å²) in [6.45, 7) is 0. The molecule has 1 atom stereocenters. The quantitative estimate of drug-likeness (QED) is 0.682. The Kier molecular flexibility index (Phi) is 4.78. The van der Waals surface area contributed by atoms with Crippen molar-refractivity contribution in [3.63, 3.8) is 0 Å². The first-order valence-corrected chi connectivity index (χ1v) is 6.77. The number of alkyl halides is 1. The summed E-state index contributed by atoms with van der Waals surface area (Å²) in [4.78, 5) is 0. The Morgan fingerprint density at radius 3 is 2.42 bits per heavy atom. The Labute approximate surface area is 121 Å². The lowest BCUT2D eigenvalue weighted by atomic mass is 9.93. The second-order valence-corrected chi connectivity index (χ2v) is 5.03. The molecular weight excluding hydrogens is 289 g/mol. The minimum Gasteiger partial charge on any atom is -0.207 e. The zero-order valence-electron chi connectivity index (χ0n) is 10.0. The fourth-order valence-corrected chi connectivity index (χ4v) is 2.52. The zero-order chi connectivity index (χ0) is 13.8. The monoisotopic (exact) mass is 300 g/mol. The molecule has 0 aliphatic rings. The van der Waals surface area contributed by atoms with Gasteiger partial charge in [-0.2, -0.15) is 0 Å². The molecule has 0 nitrogen and oxygen atoms in total. The van der Waals surface area contributed by atoms with Crippen molar-refractivity contribution in [1.82, 2.24) is 0 Å². The van der Waals surface area contributed by atoms with Crippen molar-refractivity contribution in [3.8, 4) is 0 Å². The molecule has 19 heavy (non-hydrogen) atoms. The number of halogens is 4. The van der Waals surface area contributed by atoms with Crippen LogP contribution in [0.4, 0.5) is 8.78 Å². The predicted octanol–water partition coefficient (Wildman–Crippen LogP) is 5.18.